The number of methoxy groups -OCH3 is 1. The average Bonchev–Trinajstić information content (AvgIpc) is 2.22. The van der Waals surface area contributed by atoms with E-state index in [1.807, 2.05) is 18.2 Å². The van der Waals surface area contributed by atoms with Crippen molar-refractivity contribution in [3.05, 3.63) is 27.1 Å². The normalized spacial score (nSPS) is 28.6. The van der Waals surface area contributed by atoms with Gasteiger partial charge in [-0.05, 0) is 44.0 Å². The Morgan fingerprint density at radius 1 is 1.31 bits per heavy atom. The average molecular weight is 352 g/mol. The van der Waals surface area contributed by atoms with E-state index in [2.05, 4.69) is 31.9 Å². The van der Waals surface area contributed by atoms with Gasteiger partial charge in [0.2, 0.25) is 0 Å². The fourth-order valence-corrected chi connectivity index (χ4v) is 2.91. The maximum absolute atomic E-state index is 9.47. The van der Waals surface area contributed by atoms with E-state index in [9.17, 15) is 5.11 Å². The maximum atomic E-state index is 9.47. The Balaban J connectivity index is 2.10. The van der Waals surface area contributed by atoms with Gasteiger partial charge in [0.05, 0.1) is 15.0 Å². The first-order chi connectivity index (χ1) is 7.63. The lowest BCUT2D eigenvalue weighted by molar-refractivity contribution is -0.149. The lowest BCUT2D eigenvalue weighted by atomic mass is 9.88. The molecule has 1 aromatic rings. The Morgan fingerprint density at radius 2 is 1.94 bits per heavy atom. The lowest BCUT2D eigenvalue weighted by Crippen LogP contribution is -2.54. The summed E-state index contributed by atoms with van der Waals surface area (Å²) in [6.07, 6.45) is -0.142. The van der Waals surface area contributed by atoms with Crippen molar-refractivity contribution < 1.29 is 14.6 Å². The first-order valence-electron chi connectivity index (χ1n) is 4.95. The van der Waals surface area contributed by atoms with Crippen LogP contribution in [-0.2, 0) is 4.74 Å². The number of hydrogen-bond acceptors (Lipinski definition) is 3. The summed E-state index contributed by atoms with van der Waals surface area (Å²) in [4.78, 5) is 0. The molecule has 3 atom stereocenters. The SMILES string of the molecule is COC1C(O)CC1Oc1c(Br)cccc1Br. The van der Waals surface area contributed by atoms with Gasteiger partial charge >= 0.3 is 0 Å². The molecule has 0 radical (unpaired) electrons. The molecule has 1 aliphatic rings. The number of benzene rings is 1. The van der Waals surface area contributed by atoms with Crippen LogP contribution in [0.3, 0.4) is 0 Å². The molecular formula is C11H12Br2O3. The third-order valence-electron chi connectivity index (χ3n) is 2.68. The van der Waals surface area contributed by atoms with Crippen molar-refractivity contribution in [1.82, 2.24) is 0 Å². The van der Waals surface area contributed by atoms with Gasteiger partial charge in [-0.25, -0.2) is 0 Å². The molecule has 0 bridgehead atoms. The van der Waals surface area contributed by atoms with Crippen LogP contribution in [0.15, 0.2) is 27.1 Å². The highest BCUT2D eigenvalue weighted by molar-refractivity contribution is 9.11. The Bertz CT molecular complexity index is 363. The summed E-state index contributed by atoms with van der Waals surface area (Å²) in [6.45, 7) is 0. The van der Waals surface area contributed by atoms with Gasteiger partial charge in [0, 0.05) is 13.5 Å². The lowest BCUT2D eigenvalue weighted by Gasteiger charge is -2.40. The van der Waals surface area contributed by atoms with E-state index in [1.165, 1.54) is 0 Å². The van der Waals surface area contributed by atoms with Gasteiger partial charge in [0.25, 0.3) is 0 Å². The predicted molar refractivity (Wildman–Crippen MR) is 67.7 cm³/mol. The second kappa shape index (κ2) is 5.04. The molecule has 0 saturated heterocycles. The molecule has 0 heterocycles. The second-order valence-electron chi connectivity index (χ2n) is 3.71. The Hall–Kier alpha value is -0.100. The van der Waals surface area contributed by atoms with Crippen molar-refractivity contribution in [2.24, 2.45) is 0 Å². The number of rotatable bonds is 3. The third-order valence-corrected chi connectivity index (χ3v) is 3.93. The molecule has 0 aliphatic heterocycles. The van der Waals surface area contributed by atoms with E-state index in [1.54, 1.807) is 7.11 Å². The standard InChI is InChI=1S/C11H12Br2O3/c1-15-11-8(14)5-9(11)16-10-6(12)3-2-4-7(10)13/h2-4,8-9,11,14H,5H2,1H3. The molecule has 16 heavy (non-hydrogen) atoms. The van der Waals surface area contributed by atoms with Crippen LogP contribution in [0.5, 0.6) is 5.75 Å². The number of aliphatic hydroxyl groups excluding tert-OH is 1. The molecule has 5 heteroatoms. The molecule has 3 nitrogen and oxygen atoms in total. The molecule has 1 N–H and O–H groups in total. The molecule has 3 unspecified atom stereocenters. The van der Waals surface area contributed by atoms with Crippen LogP contribution in [0.2, 0.25) is 0 Å². The number of para-hydroxylation sites is 1. The first kappa shape index (κ1) is 12.4. The van der Waals surface area contributed by atoms with E-state index in [4.69, 9.17) is 9.47 Å². The van der Waals surface area contributed by atoms with E-state index in [0.29, 0.717) is 6.42 Å². The highest BCUT2D eigenvalue weighted by atomic mass is 79.9. The summed E-state index contributed by atoms with van der Waals surface area (Å²) >= 11 is 6.86. The van der Waals surface area contributed by atoms with E-state index < -0.39 is 6.10 Å². The predicted octanol–water partition coefficient (Wildman–Crippen LogP) is 2.74. The summed E-state index contributed by atoms with van der Waals surface area (Å²) in [6, 6.07) is 5.75. The summed E-state index contributed by atoms with van der Waals surface area (Å²) < 4.78 is 12.7. The number of halogens is 2. The van der Waals surface area contributed by atoms with Crippen molar-refractivity contribution in [1.29, 1.82) is 0 Å². The van der Waals surface area contributed by atoms with E-state index in [-0.39, 0.29) is 12.2 Å². The van der Waals surface area contributed by atoms with Crippen LogP contribution < -0.4 is 4.74 Å². The third kappa shape index (κ3) is 2.27. The summed E-state index contributed by atoms with van der Waals surface area (Å²) in [5.74, 6) is 0.751. The Labute approximate surface area is 111 Å². The van der Waals surface area contributed by atoms with Gasteiger partial charge in [-0.1, -0.05) is 6.07 Å². The van der Waals surface area contributed by atoms with Crippen LogP contribution in [0, 0.1) is 0 Å². The van der Waals surface area contributed by atoms with Crippen LogP contribution >= 0.6 is 31.9 Å². The Kier molecular flexibility index (Phi) is 3.89. The van der Waals surface area contributed by atoms with Gasteiger partial charge in [-0.15, -0.1) is 0 Å². The zero-order valence-corrected chi connectivity index (χ0v) is 11.9. The molecule has 1 saturated carbocycles. The van der Waals surface area contributed by atoms with E-state index >= 15 is 0 Å². The van der Waals surface area contributed by atoms with Crippen molar-refractivity contribution in [2.75, 3.05) is 7.11 Å². The molecule has 1 aliphatic carbocycles. The minimum absolute atomic E-state index is 0.0880. The van der Waals surface area contributed by atoms with Crippen molar-refractivity contribution in [3.8, 4) is 5.75 Å². The van der Waals surface area contributed by atoms with E-state index in [0.717, 1.165) is 14.7 Å². The molecule has 0 spiro atoms. The smallest absolute Gasteiger partial charge is 0.148 e. The number of hydrogen-bond donors (Lipinski definition) is 1. The highest BCUT2D eigenvalue weighted by Crippen LogP contribution is 2.37. The molecule has 1 aromatic carbocycles. The maximum Gasteiger partial charge on any atom is 0.148 e. The molecule has 88 valence electrons. The number of ether oxygens (including phenoxy) is 2. The van der Waals surface area contributed by atoms with Crippen LogP contribution in [0.25, 0.3) is 0 Å². The van der Waals surface area contributed by atoms with Crippen molar-refractivity contribution in [2.45, 2.75) is 24.7 Å². The van der Waals surface area contributed by atoms with Gasteiger partial charge in [0.15, 0.2) is 0 Å². The first-order valence-corrected chi connectivity index (χ1v) is 6.53. The summed E-state index contributed by atoms with van der Waals surface area (Å²) in [5, 5.41) is 9.47. The van der Waals surface area contributed by atoms with Gasteiger partial charge in [-0.3, -0.25) is 0 Å². The minimum atomic E-state index is -0.420. The molecule has 0 aromatic heterocycles. The molecule has 2 rings (SSSR count). The highest BCUT2D eigenvalue weighted by Gasteiger charge is 2.42. The molecule has 0 amide bonds. The van der Waals surface area contributed by atoms with Crippen LogP contribution in [0.1, 0.15) is 6.42 Å². The topological polar surface area (TPSA) is 38.7 Å². The number of aliphatic hydroxyl groups is 1. The van der Waals surface area contributed by atoms with Gasteiger partial charge in [0.1, 0.15) is 18.0 Å². The van der Waals surface area contributed by atoms with Crippen molar-refractivity contribution in [3.63, 3.8) is 0 Å². The summed E-state index contributed by atoms with van der Waals surface area (Å²) in [5.41, 5.74) is 0. The molecule has 1 fully saturated rings. The van der Waals surface area contributed by atoms with Gasteiger partial charge in [-0.2, -0.15) is 0 Å². The fourth-order valence-electron chi connectivity index (χ4n) is 1.73. The monoisotopic (exact) mass is 350 g/mol. The van der Waals surface area contributed by atoms with Crippen LogP contribution in [-0.4, -0.2) is 30.5 Å². The minimum Gasteiger partial charge on any atom is -0.485 e. The zero-order chi connectivity index (χ0) is 11.7. The zero-order valence-electron chi connectivity index (χ0n) is 8.69. The fraction of sp³-hybridized carbons (Fsp3) is 0.455. The quantitative estimate of drug-likeness (QED) is 0.910. The Morgan fingerprint density at radius 3 is 2.44 bits per heavy atom. The molecular weight excluding hydrogens is 340 g/mol. The second-order valence-corrected chi connectivity index (χ2v) is 5.42. The van der Waals surface area contributed by atoms with Crippen LogP contribution in [0.4, 0.5) is 0 Å². The van der Waals surface area contributed by atoms with Crippen molar-refractivity contribution >= 4 is 31.9 Å². The summed E-state index contributed by atoms with van der Waals surface area (Å²) in [7, 11) is 1.58. The van der Waals surface area contributed by atoms with Gasteiger partial charge < -0.3 is 14.6 Å². The largest absolute Gasteiger partial charge is 0.485 e.